The molecule has 1 N–H and O–H groups in total. The molecule has 2 rings (SSSR count). The molecule has 0 heterocycles. The van der Waals surface area contributed by atoms with E-state index in [1.165, 1.54) is 12.5 Å². The molecule has 5 nitrogen and oxygen atoms in total. The third-order valence-corrected chi connectivity index (χ3v) is 4.66. The molecule has 1 aliphatic carbocycles. The van der Waals surface area contributed by atoms with Crippen molar-refractivity contribution in [1.82, 2.24) is 0 Å². The maximum Gasteiger partial charge on any atom is 0.275 e. The summed E-state index contributed by atoms with van der Waals surface area (Å²) in [6.45, 7) is 3.82. The molecule has 1 aromatic rings. The third kappa shape index (κ3) is 4.52. The minimum absolute atomic E-state index is 0.00722. The summed E-state index contributed by atoms with van der Waals surface area (Å²) in [5.41, 5.74) is 0.835. The standard InChI is InChI=1S/C15H22N2O3S/c1-10(2)20-14-7-12(6-13(9-14)17(18)19)16-11-4-5-15(8-11)21-3/h6-7,9-11,15-16H,4-5,8H2,1-3H3. The molecule has 1 aliphatic rings. The van der Waals surface area contributed by atoms with Gasteiger partial charge in [0.1, 0.15) is 5.75 Å². The Morgan fingerprint density at radius 1 is 1.38 bits per heavy atom. The summed E-state index contributed by atoms with van der Waals surface area (Å²) in [4.78, 5) is 10.7. The molecular formula is C15H22N2O3S. The van der Waals surface area contributed by atoms with Gasteiger partial charge in [0.15, 0.2) is 0 Å². The Bertz CT molecular complexity index is 508. The first-order chi connectivity index (χ1) is 9.97. The Labute approximate surface area is 129 Å². The Morgan fingerprint density at radius 3 is 2.71 bits per heavy atom. The van der Waals surface area contributed by atoms with Crippen LogP contribution in [0.25, 0.3) is 0 Å². The number of thioether (sulfide) groups is 1. The van der Waals surface area contributed by atoms with E-state index < -0.39 is 0 Å². The summed E-state index contributed by atoms with van der Waals surface area (Å²) in [5.74, 6) is 0.543. The van der Waals surface area contributed by atoms with Crippen LogP contribution < -0.4 is 10.1 Å². The second-order valence-electron chi connectivity index (χ2n) is 5.65. The zero-order valence-electron chi connectivity index (χ0n) is 12.7. The number of hydrogen-bond donors (Lipinski definition) is 1. The first-order valence-electron chi connectivity index (χ1n) is 7.23. The lowest BCUT2D eigenvalue weighted by Gasteiger charge is -2.16. The second kappa shape index (κ2) is 7.02. The van der Waals surface area contributed by atoms with Crippen LogP contribution in [0, 0.1) is 10.1 Å². The highest BCUT2D eigenvalue weighted by molar-refractivity contribution is 7.99. The zero-order chi connectivity index (χ0) is 15.4. The van der Waals surface area contributed by atoms with Gasteiger partial charge in [-0.1, -0.05) is 0 Å². The molecule has 1 saturated carbocycles. The van der Waals surface area contributed by atoms with Crippen LogP contribution in [-0.2, 0) is 0 Å². The average molecular weight is 310 g/mol. The van der Waals surface area contributed by atoms with Crippen LogP contribution in [0.5, 0.6) is 5.75 Å². The van der Waals surface area contributed by atoms with Gasteiger partial charge in [0, 0.05) is 29.1 Å². The van der Waals surface area contributed by atoms with E-state index in [0.717, 1.165) is 18.5 Å². The number of anilines is 1. The molecule has 21 heavy (non-hydrogen) atoms. The summed E-state index contributed by atoms with van der Waals surface area (Å²) in [5, 5.41) is 15.1. The van der Waals surface area contributed by atoms with E-state index >= 15 is 0 Å². The van der Waals surface area contributed by atoms with Gasteiger partial charge in [-0.3, -0.25) is 10.1 Å². The first-order valence-corrected chi connectivity index (χ1v) is 8.52. The minimum atomic E-state index is -0.377. The molecule has 116 valence electrons. The van der Waals surface area contributed by atoms with Gasteiger partial charge in [-0.05, 0) is 39.4 Å². The van der Waals surface area contributed by atoms with Gasteiger partial charge in [0.2, 0.25) is 0 Å². The fourth-order valence-corrected chi connectivity index (χ4v) is 3.43. The van der Waals surface area contributed by atoms with E-state index in [1.807, 2.05) is 31.7 Å². The van der Waals surface area contributed by atoms with Crippen molar-refractivity contribution in [2.75, 3.05) is 11.6 Å². The van der Waals surface area contributed by atoms with Gasteiger partial charge in [0.25, 0.3) is 5.69 Å². The van der Waals surface area contributed by atoms with E-state index in [2.05, 4.69) is 11.6 Å². The molecule has 0 aliphatic heterocycles. The van der Waals surface area contributed by atoms with Crippen molar-refractivity contribution in [3.05, 3.63) is 28.3 Å². The fraction of sp³-hybridized carbons (Fsp3) is 0.600. The van der Waals surface area contributed by atoms with Crippen LogP contribution in [0.2, 0.25) is 0 Å². The topological polar surface area (TPSA) is 64.4 Å². The Balaban J connectivity index is 2.14. The van der Waals surface area contributed by atoms with E-state index in [9.17, 15) is 10.1 Å². The molecule has 6 heteroatoms. The van der Waals surface area contributed by atoms with Gasteiger partial charge < -0.3 is 10.1 Å². The second-order valence-corrected chi connectivity index (χ2v) is 6.79. The van der Waals surface area contributed by atoms with Crippen molar-refractivity contribution in [1.29, 1.82) is 0 Å². The van der Waals surface area contributed by atoms with Gasteiger partial charge in [-0.25, -0.2) is 0 Å². The fourth-order valence-electron chi connectivity index (χ4n) is 2.63. The lowest BCUT2D eigenvalue weighted by molar-refractivity contribution is -0.384. The normalized spacial score (nSPS) is 21.5. The molecule has 0 aromatic heterocycles. The van der Waals surface area contributed by atoms with Crippen molar-refractivity contribution in [3.63, 3.8) is 0 Å². The highest BCUT2D eigenvalue weighted by atomic mass is 32.2. The highest BCUT2D eigenvalue weighted by Gasteiger charge is 2.24. The molecule has 2 atom stereocenters. The van der Waals surface area contributed by atoms with Crippen molar-refractivity contribution in [2.45, 2.75) is 50.5 Å². The van der Waals surface area contributed by atoms with Crippen LogP contribution in [-0.4, -0.2) is 28.6 Å². The average Bonchev–Trinajstić information content (AvgIpc) is 2.85. The monoisotopic (exact) mass is 310 g/mol. The number of hydrogen-bond acceptors (Lipinski definition) is 5. The summed E-state index contributed by atoms with van der Waals surface area (Å²) in [6.07, 6.45) is 5.53. The smallest absolute Gasteiger partial charge is 0.275 e. The van der Waals surface area contributed by atoms with Crippen molar-refractivity contribution >= 4 is 23.1 Å². The van der Waals surface area contributed by atoms with Crippen LogP contribution >= 0.6 is 11.8 Å². The van der Waals surface area contributed by atoms with Gasteiger partial charge in [0.05, 0.1) is 17.1 Å². The molecule has 2 unspecified atom stereocenters. The predicted molar refractivity (Wildman–Crippen MR) is 87.4 cm³/mol. The van der Waals surface area contributed by atoms with Crippen LogP contribution in [0.3, 0.4) is 0 Å². The number of ether oxygens (including phenoxy) is 1. The van der Waals surface area contributed by atoms with Crippen LogP contribution in [0.15, 0.2) is 18.2 Å². The largest absolute Gasteiger partial charge is 0.491 e. The molecule has 1 aromatic carbocycles. The Hall–Kier alpha value is -1.43. The lowest BCUT2D eigenvalue weighted by atomic mass is 10.2. The van der Waals surface area contributed by atoms with Crippen LogP contribution in [0.4, 0.5) is 11.4 Å². The molecule has 0 spiro atoms. The van der Waals surface area contributed by atoms with Crippen molar-refractivity contribution < 1.29 is 9.66 Å². The van der Waals surface area contributed by atoms with Gasteiger partial charge in [-0.15, -0.1) is 0 Å². The SMILES string of the molecule is CSC1CCC(Nc2cc(OC(C)C)cc([N+](=O)[O-])c2)C1. The number of nitrogens with one attached hydrogen (secondary N) is 1. The lowest BCUT2D eigenvalue weighted by Crippen LogP contribution is -2.16. The molecule has 0 amide bonds. The number of benzene rings is 1. The van der Waals surface area contributed by atoms with Crippen molar-refractivity contribution in [2.24, 2.45) is 0 Å². The van der Waals surface area contributed by atoms with E-state index in [4.69, 9.17) is 4.74 Å². The number of nitrogens with zero attached hydrogens (tertiary/aromatic N) is 1. The molecule has 1 fully saturated rings. The molecule has 0 radical (unpaired) electrons. The maximum absolute atomic E-state index is 11.0. The number of nitro benzene ring substituents is 1. The molecule has 0 bridgehead atoms. The summed E-state index contributed by atoms with van der Waals surface area (Å²) < 4.78 is 5.60. The minimum Gasteiger partial charge on any atom is -0.491 e. The third-order valence-electron chi connectivity index (χ3n) is 3.56. The van der Waals surface area contributed by atoms with E-state index in [1.54, 1.807) is 6.07 Å². The Kier molecular flexibility index (Phi) is 5.33. The number of rotatable bonds is 6. The molecule has 0 saturated heterocycles. The van der Waals surface area contributed by atoms with Gasteiger partial charge in [-0.2, -0.15) is 11.8 Å². The summed E-state index contributed by atoms with van der Waals surface area (Å²) in [7, 11) is 0. The quantitative estimate of drug-likeness (QED) is 0.633. The summed E-state index contributed by atoms with van der Waals surface area (Å²) >= 11 is 1.89. The van der Waals surface area contributed by atoms with Crippen LogP contribution in [0.1, 0.15) is 33.1 Å². The zero-order valence-corrected chi connectivity index (χ0v) is 13.5. The van der Waals surface area contributed by atoms with E-state index in [0.29, 0.717) is 17.0 Å². The molecular weight excluding hydrogens is 288 g/mol. The number of nitro groups is 1. The van der Waals surface area contributed by atoms with Crippen molar-refractivity contribution in [3.8, 4) is 5.75 Å². The number of non-ortho nitro benzene ring substituents is 1. The first kappa shape index (κ1) is 15.9. The summed E-state index contributed by atoms with van der Waals surface area (Å²) in [6, 6.07) is 5.29. The van der Waals surface area contributed by atoms with E-state index in [-0.39, 0.29) is 16.7 Å². The highest BCUT2D eigenvalue weighted by Crippen LogP contribution is 2.32. The predicted octanol–water partition coefficient (Wildman–Crippen LogP) is 4.08. The maximum atomic E-state index is 11.0. The van der Waals surface area contributed by atoms with Gasteiger partial charge >= 0.3 is 0 Å². The Morgan fingerprint density at radius 2 is 2.14 bits per heavy atom.